The highest BCUT2D eigenvalue weighted by atomic mass is 35.5. The van der Waals surface area contributed by atoms with Crippen molar-refractivity contribution >= 4 is 34.8 Å². The monoisotopic (exact) mass is 470 g/mol. The smallest absolute Gasteiger partial charge is 0.221 e. The van der Waals surface area contributed by atoms with Gasteiger partial charge in [-0.25, -0.2) is 4.39 Å². The first-order valence-electron chi connectivity index (χ1n) is 10.0. The number of rotatable bonds is 8. The number of carbonyl (C=O) groups is 1. The van der Waals surface area contributed by atoms with Crippen LogP contribution in [0.15, 0.2) is 36.4 Å². The zero-order chi connectivity index (χ0) is 22.4. The van der Waals surface area contributed by atoms with Gasteiger partial charge in [-0.3, -0.25) is 4.79 Å². The van der Waals surface area contributed by atoms with Crippen molar-refractivity contribution in [1.82, 2.24) is 4.90 Å². The van der Waals surface area contributed by atoms with Gasteiger partial charge in [0.05, 0.1) is 15.7 Å². The lowest BCUT2D eigenvalue weighted by atomic mass is 10.1. The van der Waals surface area contributed by atoms with Gasteiger partial charge in [-0.05, 0) is 37.1 Å². The Morgan fingerprint density at radius 3 is 2.65 bits per heavy atom. The Morgan fingerprint density at radius 1 is 1.23 bits per heavy atom. The molecule has 0 unspecified atom stereocenters. The van der Waals surface area contributed by atoms with Crippen molar-refractivity contribution in [3.8, 4) is 11.5 Å². The SMILES string of the molecule is CC(=O)Nc1ccc(F)cc1OC[C@@H](O)CN1CCC(Oc2ccc(Cl)c(Cl)c2)CC1. The van der Waals surface area contributed by atoms with Crippen LogP contribution in [0.4, 0.5) is 10.1 Å². The number of nitrogens with one attached hydrogen (secondary N) is 1. The number of nitrogens with zero attached hydrogens (tertiary/aromatic N) is 1. The lowest BCUT2D eigenvalue weighted by molar-refractivity contribution is -0.114. The molecule has 0 aliphatic carbocycles. The predicted octanol–water partition coefficient (Wildman–Crippen LogP) is 4.37. The quantitative estimate of drug-likeness (QED) is 0.599. The molecule has 9 heteroatoms. The van der Waals surface area contributed by atoms with Crippen LogP contribution in [0.3, 0.4) is 0 Å². The summed E-state index contributed by atoms with van der Waals surface area (Å²) >= 11 is 12.0. The van der Waals surface area contributed by atoms with Crippen LogP contribution in [0.25, 0.3) is 0 Å². The van der Waals surface area contributed by atoms with Gasteiger partial charge in [-0.15, -0.1) is 0 Å². The van der Waals surface area contributed by atoms with Crippen molar-refractivity contribution in [3.05, 3.63) is 52.3 Å². The van der Waals surface area contributed by atoms with Crippen molar-refractivity contribution < 1.29 is 23.8 Å². The highest BCUT2D eigenvalue weighted by molar-refractivity contribution is 6.42. The molecule has 0 radical (unpaired) electrons. The molecule has 1 heterocycles. The van der Waals surface area contributed by atoms with E-state index >= 15 is 0 Å². The number of benzene rings is 2. The summed E-state index contributed by atoms with van der Waals surface area (Å²) in [5, 5.41) is 13.9. The molecular weight excluding hydrogens is 446 g/mol. The van der Waals surface area contributed by atoms with Gasteiger partial charge in [-0.2, -0.15) is 0 Å². The van der Waals surface area contributed by atoms with E-state index in [1.54, 1.807) is 18.2 Å². The molecule has 168 valence electrons. The first-order chi connectivity index (χ1) is 14.8. The summed E-state index contributed by atoms with van der Waals surface area (Å²) in [7, 11) is 0. The van der Waals surface area contributed by atoms with E-state index in [2.05, 4.69) is 10.2 Å². The van der Waals surface area contributed by atoms with E-state index in [1.807, 2.05) is 0 Å². The molecule has 31 heavy (non-hydrogen) atoms. The standard InChI is InChI=1S/C22H25Cl2FN2O4/c1-14(28)26-21-5-2-15(25)10-22(21)30-13-16(29)12-27-8-6-17(7-9-27)31-18-3-4-19(23)20(24)11-18/h2-5,10-11,16-17,29H,6-9,12-13H2,1H3,(H,26,28)/t16-/m0/s1. The molecule has 6 nitrogen and oxygen atoms in total. The first kappa shape index (κ1) is 23.6. The first-order valence-corrected chi connectivity index (χ1v) is 10.8. The normalized spacial score (nSPS) is 16.0. The van der Waals surface area contributed by atoms with E-state index < -0.39 is 11.9 Å². The van der Waals surface area contributed by atoms with Crippen molar-refractivity contribution in [2.45, 2.75) is 32.0 Å². The highest BCUT2D eigenvalue weighted by Crippen LogP contribution is 2.28. The van der Waals surface area contributed by atoms with Gasteiger partial charge >= 0.3 is 0 Å². The molecule has 1 fully saturated rings. The second-order valence-electron chi connectivity index (χ2n) is 7.48. The van der Waals surface area contributed by atoms with Crippen LogP contribution in [0.1, 0.15) is 19.8 Å². The maximum absolute atomic E-state index is 13.5. The van der Waals surface area contributed by atoms with Crippen LogP contribution in [0, 0.1) is 5.82 Å². The summed E-state index contributed by atoms with van der Waals surface area (Å²) in [6.07, 6.45) is 0.921. The minimum atomic E-state index is -0.763. The third kappa shape index (κ3) is 7.25. The van der Waals surface area contributed by atoms with Gasteiger partial charge in [0.1, 0.15) is 36.1 Å². The number of hydrogen-bond acceptors (Lipinski definition) is 5. The molecule has 1 aliphatic heterocycles. The molecule has 0 saturated carbocycles. The van der Waals surface area contributed by atoms with Gasteiger partial charge < -0.3 is 24.8 Å². The third-order valence-corrected chi connectivity index (χ3v) is 5.62. The number of hydrogen-bond donors (Lipinski definition) is 2. The predicted molar refractivity (Wildman–Crippen MR) is 119 cm³/mol. The van der Waals surface area contributed by atoms with Gasteiger partial charge in [0.15, 0.2) is 0 Å². The fourth-order valence-electron chi connectivity index (χ4n) is 3.40. The number of aliphatic hydroxyl groups is 1. The number of aliphatic hydroxyl groups excluding tert-OH is 1. The summed E-state index contributed by atoms with van der Waals surface area (Å²) in [4.78, 5) is 13.4. The minimum absolute atomic E-state index is 0.0181. The van der Waals surface area contributed by atoms with E-state index in [0.717, 1.165) is 25.9 Å². The van der Waals surface area contributed by atoms with Gasteiger partial charge in [-0.1, -0.05) is 23.2 Å². The van der Waals surface area contributed by atoms with Gasteiger partial charge in [0, 0.05) is 38.7 Å². The molecule has 3 rings (SSSR count). The second-order valence-corrected chi connectivity index (χ2v) is 8.29. The number of β-amino-alcohol motifs (C(OH)–C–C–N with tert-alkyl or cyclic N) is 1. The zero-order valence-electron chi connectivity index (χ0n) is 17.1. The second kappa shape index (κ2) is 11.0. The molecule has 2 N–H and O–H groups in total. The Bertz CT molecular complexity index is 907. The number of halogens is 3. The molecule has 1 amide bonds. The highest BCUT2D eigenvalue weighted by Gasteiger charge is 2.23. The molecule has 1 aliphatic rings. The Labute approximate surface area is 190 Å². The van der Waals surface area contributed by atoms with Crippen molar-refractivity contribution in [1.29, 1.82) is 0 Å². The summed E-state index contributed by atoms with van der Waals surface area (Å²) in [6, 6.07) is 9.06. The van der Waals surface area contributed by atoms with E-state index in [1.165, 1.54) is 25.1 Å². The van der Waals surface area contributed by atoms with Crippen LogP contribution in [0.5, 0.6) is 11.5 Å². The Balaban J connectivity index is 1.44. The molecule has 0 aromatic heterocycles. The number of ether oxygens (including phenoxy) is 2. The van der Waals surface area contributed by atoms with Crippen LogP contribution < -0.4 is 14.8 Å². The number of likely N-dealkylation sites (tertiary alicyclic amines) is 1. The van der Waals surface area contributed by atoms with Crippen molar-refractivity contribution in [2.75, 3.05) is 31.6 Å². The Hall–Kier alpha value is -2.06. The average molecular weight is 471 g/mol. The van der Waals surface area contributed by atoms with Crippen molar-refractivity contribution in [2.24, 2.45) is 0 Å². The molecule has 2 aromatic carbocycles. The summed E-state index contributed by atoms with van der Waals surface area (Å²) in [5.41, 5.74) is 0.362. The summed E-state index contributed by atoms with van der Waals surface area (Å²) < 4.78 is 25.1. The van der Waals surface area contributed by atoms with Gasteiger partial charge in [0.2, 0.25) is 5.91 Å². The number of anilines is 1. The summed E-state index contributed by atoms with van der Waals surface area (Å²) in [6.45, 7) is 3.29. The number of amides is 1. The average Bonchev–Trinajstić information content (AvgIpc) is 2.72. The van der Waals surface area contributed by atoms with E-state index in [9.17, 15) is 14.3 Å². The molecule has 0 spiro atoms. The maximum Gasteiger partial charge on any atom is 0.221 e. The number of piperidine rings is 1. The fraction of sp³-hybridized carbons (Fsp3) is 0.409. The zero-order valence-corrected chi connectivity index (χ0v) is 18.6. The summed E-state index contributed by atoms with van der Waals surface area (Å²) in [5.74, 6) is 0.0972. The van der Waals surface area contributed by atoms with Crippen molar-refractivity contribution in [3.63, 3.8) is 0 Å². The Kier molecular flexibility index (Phi) is 8.37. The molecule has 0 bridgehead atoms. The molecule has 2 aromatic rings. The lowest BCUT2D eigenvalue weighted by Crippen LogP contribution is -2.43. The van der Waals surface area contributed by atoms with Crippen LogP contribution in [0.2, 0.25) is 10.0 Å². The lowest BCUT2D eigenvalue weighted by Gasteiger charge is -2.33. The molecule has 1 saturated heterocycles. The maximum atomic E-state index is 13.5. The largest absolute Gasteiger partial charge is 0.490 e. The number of carbonyl (C=O) groups excluding carboxylic acids is 1. The Morgan fingerprint density at radius 2 is 1.97 bits per heavy atom. The fourth-order valence-corrected chi connectivity index (χ4v) is 3.69. The van der Waals surface area contributed by atoms with Crippen LogP contribution in [-0.2, 0) is 4.79 Å². The topological polar surface area (TPSA) is 71.0 Å². The molecule has 1 atom stereocenters. The van der Waals surface area contributed by atoms with E-state index in [-0.39, 0.29) is 24.4 Å². The molecular formula is C22H25Cl2FN2O4. The van der Waals surface area contributed by atoms with Crippen LogP contribution in [-0.4, -0.2) is 54.4 Å². The van der Waals surface area contributed by atoms with Gasteiger partial charge in [0.25, 0.3) is 0 Å². The third-order valence-electron chi connectivity index (χ3n) is 4.88. The minimum Gasteiger partial charge on any atom is -0.490 e. The van der Waals surface area contributed by atoms with E-state index in [0.29, 0.717) is 28.0 Å². The van der Waals surface area contributed by atoms with Crippen LogP contribution >= 0.6 is 23.2 Å². The van der Waals surface area contributed by atoms with E-state index in [4.69, 9.17) is 32.7 Å².